The molecule has 3 rings (SSSR count). The number of rotatable bonds is 8. The molecule has 0 saturated heterocycles. The molecule has 0 aliphatic rings. The molecule has 3 aromatic rings. The molecule has 3 N–H and O–H groups in total. The lowest BCUT2D eigenvalue weighted by atomic mass is 10.2. The Bertz CT molecular complexity index is 991. The van der Waals surface area contributed by atoms with Crippen LogP contribution in [0.15, 0.2) is 34.0 Å². The van der Waals surface area contributed by atoms with Crippen molar-refractivity contribution in [3.8, 4) is 11.6 Å². The van der Waals surface area contributed by atoms with Crippen LogP contribution >= 0.6 is 0 Å². The van der Waals surface area contributed by atoms with Gasteiger partial charge in [0.25, 0.3) is 5.91 Å². The van der Waals surface area contributed by atoms with Crippen molar-refractivity contribution in [2.24, 2.45) is 5.10 Å². The van der Waals surface area contributed by atoms with Gasteiger partial charge in [-0.2, -0.15) is 9.78 Å². The molecule has 0 atom stereocenters. The number of hydrogen-bond acceptors (Lipinski definition) is 9. The quantitative estimate of drug-likeness (QED) is 0.431. The predicted molar refractivity (Wildman–Crippen MR) is 105 cm³/mol. The van der Waals surface area contributed by atoms with Crippen molar-refractivity contribution in [3.05, 3.63) is 41.2 Å². The summed E-state index contributed by atoms with van der Waals surface area (Å²) in [5.41, 5.74) is 9.65. The fourth-order valence-electron chi connectivity index (χ4n) is 2.57. The second-order valence-corrected chi connectivity index (χ2v) is 6.45. The van der Waals surface area contributed by atoms with Gasteiger partial charge in [-0.3, -0.25) is 4.79 Å². The molecular formula is C18H22N8O3. The second-order valence-electron chi connectivity index (χ2n) is 6.45. The van der Waals surface area contributed by atoms with Crippen molar-refractivity contribution in [1.29, 1.82) is 0 Å². The number of aromatic nitrogens is 5. The Morgan fingerprint density at radius 1 is 1.34 bits per heavy atom. The van der Waals surface area contributed by atoms with Gasteiger partial charge in [0, 0.05) is 0 Å². The highest BCUT2D eigenvalue weighted by atomic mass is 16.6. The van der Waals surface area contributed by atoms with Crippen molar-refractivity contribution < 1.29 is 14.2 Å². The van der Waals surface area contributed by atoms with Crippen LogP contribution in [-0.2, 0) is 6.42 Å². The fraction of sp³-hybridized carbons (Fsp3) is 0.333. The van der Waals surface area contributed by atoms with E-state index in [9.17, 15) is 4.79 Å². The van der Waals surface area contributed by atoms with Crippen molar-refractivity contribution in [3.63, 3.8) is 0 Å². The largest absolute Gasteiger partial charge is 0.491 e. The van der Waals surface area contributed by atoms with E-state index < -0.39 is 5.91 Å². The van der Waals surface area contributed by atoms with Gasteiger partial charge in [-0.05, 0) is 60.4 Å². The van der Waals surface area contributed by atoms with E-state index in [1.807, 2.05) is 45.0 Å². The minimum Gasteiger partial charge on any atom is -0.491 e. The number of hydrogen-bond donors (Lipinski definition) is 2. The lowest BCUT2D eigenvalue weighted by Gasteiger charge is -2.09. The molecule has 11 heteroatoms. The number of nitrogen functional groups attached to an aromatic ring is 1. The number of hydrazone groups is 1. The number of anilines is 1. The third-order valence-electron chi connectivity index (χ3n) is 3.79. The minimum atomic E-state index is -0.495. The predicted octanol–water partition coefficient (Wildman–Crippen LogP) is 1.74. The third kappa shape index (κ3) is 4.75. The molecule has 0 radical (unpaired) electrons. The van der Waals surface area contributed by atoms with Crippen molar-refractivity contribution in [2.75, 3.05) is 5.73 Å². The molecular weight excluding hydrogens is 376 g/mol. The summed E-state index contributed by atoms with van der Waals surface area (Å²) in [6.07, 6.45) is 2.92. The van der Waals surface area contributed by atoms with Gasteiger partial charge in [0.15, 0.2) is 5.69 Å². The van der Waals surface area contributed by atoms with Gasteiger partial charge in [0.1, 0.15) is 5.75 Å². The molecule has 152 valence electrons. The Balaban J connectivity index is 1.71. The van der Waals surface area contributed by atoms with Gasteiger partial charge in [0.05, 0.1) is 18.0 Å². The molecule has 1 amide bonds. The molecule has 2 aromatic heterocycles. The van der Waals surface area contributed by atoms with E-state index in [0.29, 0.717) is 12.1 Å². The summed E-state index contributed by atoms with van der Waals surface area (Å²) >= 11 is 0. The first kappa shape index (κ1) is 20.0. The first-order chi connectivity index (χ1) is 14.0. The van der Waals surface area contributed by atoms with Crippen LogP contribution in [0.1, 0.15) is 48.9 Å². The van der Waals surface area contributed by atoms with Crippen LogP contribution in [0.5, 0.6) is 5.75 Å². The van der Waals surface area contributed by atoms with Gasteiger partial charge in [-0.15, -0.1) is 5.10 Å². The van der Waals surface area contributed by atoms with Crippen LogP contribution in [-0.4, -0.2) is 43.5 Å². The van der Waals surface area contributed by atoms with Gasteiger partial charge in [0.2, 0.25) is 11.6 Å². The third-order valence-corrected chi connectivity index (χ3v) is 3.79. The topological polar surface area (TPSA) is 146 Å². The highest BCUT2D eigenvalue weighted by molar-refractivity contribution is 5.94. The first-order valence-corrected chi connectivity index (χ1v) is 9.12. The maximum Gasteiger partial charge on any atom is 0.293 e. The summed E-state index contributed by atoms with van der Waals surface area (Å²) in [4.78, 5) is 12.5. The molecule has 0 bridgehead atoms. The van der Waals surface area contributed by atoms with Crippen LogP contribution < -0.4 is 15.9 Å². The Labute approximate surface area is 166 Å². The van der Waals surface area contributed by atoms with Gasteiger partial charge >= 0.3 is 0 Å². The van der Waals surface area contributed by atoms with E-state index in [1.54, 1.807) is 0 Å². The normalized spacial score (nSPS) is 11.3. The van der Waals surface area contributed by atoms with Crippen molar-refractivity contribution in [2.45, 2.75) is 39.7 Å². The van der Waals surface area contributed by atoms with E-state index in [-0.39, 0.29) is 23.4 Å². The zero-order valence-electron chi connectivity index (χ0n) is 16.4. The Morgan fingerprint density at radius 3 is 2.72 bits per heavy atom. The Kier molecular flexibility index (Phi) is 6.17. The highest BCUT2D eigenvalue weighted by Crippen LogP contribution is 2.17. The lowest BCUT2D eigenvalue weighted by molar-refractivity contribution is 0.0949. The molecule has 0 unspecified atom stereocenters. The average molecular weight is 398 g/mol. The number of nitrogens with zero attached hydrogens (tertiary/aromatic N) is 6. The first-order valence-electron chi connectivity index (χ1n) is 9.12. The summed E-state index contributed by atoms with van der Waals surface area (Å²) in [6, 6.07) is 7.36. The SMILES string of the molecule is CCCc1c(C(=O)NN=Cc2ccc(OC(C)C)cc2)nnn1-c1nonc1N. The van der Waals surface area contributed by atoms with E-state index in [4.69, 9.17) is 10.5 Å². The average Bonchev–Trinajstić information content (AvgIpc) is 3.29. The Morgan fingerprint density at radius 2 is 2.10 bits per heavy atom. The van der Waals surface area contributed by atoms with Gasteiger partial charge < -0.3 is 10.5 Å². The molecule has 29 heavy (non-hydrogen) atoms. The smallest absolute Gasteiger partial charge is 0.293 e. The van der Waals surface area contributed by atoms with E-state index in [2.05, 4.69) is 35.8 Å². The number of nitrogens with one attached hydrogen (secondary N) is 1. The van der Waals surface area contributed by atoms with Gasteiger partial charge in [-0.25, -0.2) is 10.1 Å². The maximum absolute atomic E-state index is 12.5. The van der Waals surface area contributed by atoms with Gasteiger partial charge in [-0.1, -0.05) is 18.6 Å². The van der Waals surface area contributed by atoms with Crippen LogP contribution in [0, 0.1) is 0 Å². The van der Waals surface area contributed by atoms with E-state index in [0.717, 1.165) is 17.7 Å². The monoisotopic (exact) mass is 398 g/mol. The van der Waals surface area contributed by atoms with Crippen LogP contribution in [0.3, 0.4) is 0 Å². The molecule has 0 saturated carbocycles. The maximum atomic E-state index is 12.5. The summed E-state index contributed by atoms with van der Waals surface area (Å²) < 4.78 is 11.5. The Hall–Kier alpha value is -3.76. The van der Waals surface area contributed by atoms with Crippen molar-refractivity contribution >= 4 is 17.9 Å². The molecule has 0 spiro atoms. The molecule has 0 aliphatic carbocycles. The zero-order valence-corrected chi connectivity index (χ0v) is 16.4. The standard InChI is InChI=1S/C18H22N8O3/c1-4-5-14-15(21-25-26(14)17-16(19)23-29-24-17)18(27)22-20-10-12-6-8-13(9-7-12)28-11(2)3/h6-11H,4-5H2,1-3H3,(H2,19,23)(H,22,27). The number of carbonyl (C=O) groups is 1. The van der Waals surface area contributed by atoms with E-state index >= 15 is 0 Å². The second kappa shape index (κ2) is 8.95. The summed E-state index contributed by atoms with van der Waals surface area (Å²) in [5, 5.41) is 19.1. The summed E-state index contributed by atoms with van der Waals surface area (Å²) in [5.74, 6) is 0.517. The lowest BCUT2D eigenvalue weighted by Crippen LogP contribution is -2.20. The summed E-state index contributed by atoms with van der Waals surface area (Å²) in [7, 11) is 0. The molecule has 0 fully saturated rings. The number of amides is 1. The van der Waals surface area contributed by atoms with Crippen LogP contribution in [0.4, 0.5) is 5.82 Å². The number of carbonyl (C=O) groups excluding carboxylic acids is 1. The highest BCUT2D eigenvalue weighted by Gasteiger charge is 2.23. The summed E-state index contributed by atoms with van der Waals surface area (Å²) in [6.45, 7) is 5.89. The van der Waals surface area contributed by atoms with Crippen LogP contribution in [0.2, 0.25) is 0 Å². The van der Waals surface area contributed by atoms with Crippen molar-refractivity contribution in [1.82, 2.24) is 30.7 Å². The molecule has 11 nitrogen and oxygen atoms in total. The van der Waals surface area contributed by atoms with Crippen LogP contribution in [0.25, 0.3) is 5.82 Å². The van der Waals surface area contributed by atoms with E-state index in [1.165, 1.54) is 10.9 Å². The molecule has 0 aliphatic heterocycles. The minimum absolute atomic E-state index is 0.0575. The molecule has 1 aromatic carbocycles. The zero-order chi connectivity index (χ0) is 20.8. The fourth-order valence-corrected chi connectivity index (χ4v) is 2.57. The number of benzene rings is 1. The molecule has 2 heterocycles. The number of ether oxygens (including phenoxy) is 1. The number of nitrogens with two attached hydrogens (primary N) is 1.